The maximum absolute atomic E-state index is 14.0. The van der Waals surface area contributed by atoms with Crippen LogP contribution in [0.3, 0.4) is 0 Å². The van der Waals surface area contributed by atoms with Crippen molar-refractivity contribution in [3.8, 4) is 0 Å². The summed E-state index contributed by atoms with van der Waals surface area (Å²) in [5.74, 6) is -0.398. The standard InChI is InChI=1S/C34H40N4O4/c1-35(2)32(41)34(27-13-7-4-8-14-27,28-15-9-5-10-16-28)21-24-36-22-19-33(20-23-36)31(40)37(25-30(39)42-3)26-38(33)29-17-11-6-12-18-29/h4-18H,19-26H2,1-3H3. The molecule has 2 aliphatic rings. The molecule has 0 N–H and O–H groups in total. The fourth-order valence-electron chi connectivity index (χ4n) is 6.65. The fourth-order valence-corrected chi connectivity index (χ4v) is 6.65. The van der Waals surface area contributed by atoms with E-state index in [1.165, 1.54) is 7.11 Å². The van der Waals surface area contributed by atoms with Gasteiger partial charge < -0.3 is 24.3 Å². The molecule has 220 valence electrons. The molecule has 0 aromatic heterocycles. The van der Waals surface area contributed by atoms with Gasteiger partial charge in [-0.25, -0.2) is 0 Å². The average Bonchev–Trinajstić information content (AvgIpc) is 3.29. The monoisotopic (exact) mass is 568 g/mol. The molecule has 1 spiro atoms. The van der Waals surface area contributed by atoms with Crippen molar-refractivity contribution in [1.29, 1.82) is 0 Å². The summed E-state index contributed by atoms with van der Waals surface area (Å²) in [6.07, 6.45) is 1.86. The third-order valence-electron chi connectivity index (χ3n) is 8.92. The number of methoxy groups -OCH3 is 1. The van der Waals surface area contributed by atoms with Crippen molar-refractivity contribution in [2.75, 3.05) is 59.0 Å². The van der Waals surface area contributed by atoms with Crippen LogP contribution in [-0.2, 0) is 24.5 Å². The number of anilines is 1. The topological polar surface area (TPSA) is 73.4 Å². The Kier molecular flexibility index (Phi) is 8.64. The first-order valence-corrected chi connectivity index (χ1v) is 14.6. The number of amides is 2. The van der Waals surface area contributed by atoms with Gasteiger partial charge in [0.1, 0.15) is 17.5 Å². The number of ether oxygens (including phenoxy) is 1. The molecule has 3 aromatic carbocycles. The summed E-state index contributed by atoms with van der Waals surface area (Å²) in [5.41, 5.74) is 1.36. The number of benzene rings is 3. The third-order valence-corrected chi connectivity index (χ3v) is 8.92. The van der Waals surface area contributed by atoms with Crippen LogP contribution in [0, 0.1) is 0 Å². The van der Waals surface area contributed by atoms with E-state index in [1.54, 1.807) is 9.80 Å². The number of piperidine rings is 1. The smallest absolute Gasteiger partial charge is 0.325 e. The molecule has 0 saturated carbocycles. The van der Waals surface area contributed by atoms with Crippen LogP contribution in [0.15, 0.2) is 91.0 Å². The second kappa shape index (κ2) is 12.4. The Morgan fingerprint density at radius 3 is 1.88 bits per heavy atom. The molecular formula is C34H40N4O4. The fraction of sp³-hybridized carbons (Fsp3) is 0.382. The number of para-hydroxylation sites is 1. The zero-order chi connectivity index (χ0) is 29.7. The molecule has 2 saturated heterocycles. The second-order valence-corrected chi connectivity index (χ2v) is 11.4. The molecule has 5 rings (SSSR count). The average molecular weight is 569 g/mol. The minimum absolute atomic E-state index is 0.0258. The molecule has 0 atom stereocenters. The molecule has 42 heavy (non-hydrogen) atoms. The predicted molar refractivity (Wildman–Crippen MR) is 163 cm³/mol. The van der Waals surface area contributed by atoms with Crippen LogP contribution in [0.25, 0.3) is 0 Å². The highest BCUT2D eigenvalue weighted by Crippen LogP contribution is 2.41. The number of carbonyl (C=O) groups excluding carboxylic acids is 3. The highest BCUT2D eigenvalue weighted by atomic mass is 16.5. The summed E-state index contributed by atoms with van der Waals surface area (Å²) in [4.78, 5) is 47.9. The zero-order valence-electron chi connectivity index (χ0n) is 24.7. The van der Waals surface area contributed by atoms with Crippen LogP contribution in [-0.4, -0.2) is 92.1 Å². The number of likely N-dealkylation sites (N-methyl/N-ethyl adjacent to an activating group) is 1. The van der Waals surface area contributed by atoms with Crippen LogP contribution >= 0.6 is 0 Å². The summed E-state index contributed by atoms with van der Waals surface area (Å²) >= 11 is 0. The first-order chi connectivity index (χ1) is 20.3. The Labute approximate surface area is 248 Å². The van der Waals surface area contributed by atoms with E-state index in [2.05, 4.69) is 9.80 Å². The minimum atomic E-state index is -0.836. The molecule has 0 unspecified atom stereocenters. The van der Waals surface area contributed by atoms with Gasteiger partial charge in [-0.05, 0) is 49.1 Å². The van der Waals surface area contributed by atoms with E-state index in [-0.39, 0.29) is 18.4 Å². The lowest BCUT2D eigenvalue weighted by Crippen LogP contribution is -2.57. The van der Waals surface area contributed by atoms with Crippen LogP contribution in [0.1, 0.15) is 30.4 Å². The number of rotatable bonds is 9. The largest absolute Gasteiger partial charge is 0.468 e. The van der Waals surface area contributed by atoms with Crippen LogP contribution in [0.4, 0.5) is 5.69 Å². The van der Waals surface area contributed by atoms with Crippen LogP contribution in [0.5, 0.6) is 0 Å². The molecule has 0 bridgehead atoms. The molecular weight excluding hydrogens is 528 g/mol. The molecule has 3 aromatic rings. The van der Waals surface area contributed by atoms with E-state index < -0.39 is 16.9 Å². The van der Waals surface area contributed by atoms with Gasteiger partial charge in [-0.2, -0.15) is 0 Å². The molecule has 2 fully saturated rings. The van der Waals surface area contributed by atoms with Gasteiger partial charge in [-0.3, -0.25) is 14.4 Å². The maximum atomic E-state index is 14.0. The lowest BCUT2D eigenvalue weighted by molar-refractivity contribution is -0.147. The van der Waals surface area contributed by atoms with Crippen molar-refractivity contribution in [3.63, 3.8) is 0 Å². The van der Waals surface area contributed by atoms with Gasteiger partial charge in [0.05, 0.1) is 13.8 Å². The molecule has 2 heterocycles. The van der Waals surface area contributed by atoms with E-state index in [0.717, 1.165) is 16.8 Å². The lowest BCUT2D eigenvalue weighted by Gasteiger charge is -2.44. The van der Waals surface area contributed by atoms with Crippen molar-refractivity contribution in [1.82, 2.24) is 14.7 Å². The summed E-state index contributed by atoms with van der Waals surface area (Å²) < 4.78 is 4.88. The third kappa shape index (κ3) is 5.39. The summed E-state index contributed by atoms with van der Waals surface area (Å²) in [6.45, 7) is 2.40. The molecule has 8 nitrogen and oxygen atoms in total. The molecule has 2 amide bonds. The predicted octanol–water partition coefficient (Wildman–Crippen LogP) is 3.76. The quantitative estimate of drug-likeness (QED) is 0.366. The Bertz CT molecular complexity index is 1330. The van der Waals surface area contributed by atoms with Gasteiger partial charge in [0.25, 0.3) is 5.91 Å². The van der Waals surface area contributed by atoms with E-state index in [4.69, 9.17) is 4.74 Å². The SMILES string of the molecule is COC(=O)CN1CN(c2ccccc2)C2(CCN(CCC(C(=O)N(C)C)(c3ccccc3)c3ccccc3)CC2)C1=O. The van der Waals surface area contributed by atoms with E-state index in [9.17, 15) is 14.4 Å². The number of hydrogen-bond donors (Lipinski definition) is 0. The Morgan fingerprint density at radius 1 is 0.857 bits per heavy atom. The molecule has 0 radical (unpaired) electrons. The normalized spacial score (nSPS) is 17.0. The minimum Gasteiger partial charge on any atom is -0.468 e. The van der Waals surface area contributed by atoms with Crippen molar-refractivity contribution < 1.29 is 19.1 Å². The van der Waals surface area contributed by atoms with Crippen molar-refractivity contribution in [3.05, 3.63) is 102 Å². The first-order valence-electron chi connectivity index (χ1n) is 14.6. The maximum Gasteiger partial charge on any atom is 0.325 e. The molecule has 0 aliphatic carbocycles. The highest BCUT2D eigenvalue weighted by Gasteiger charge is 2.54. The van der Waals surface area contributed by atoms with E-state index in [0.29, 0.717) is 45.6 Å². The number of nitrogens with zero attached hydrogens (tertiary/aromatic N) is 4. The van der Waals surface area contributed by atoms with Gasteiger partial charge in [-0.1, -0.05) is 78.9 Å². The van der Waals surface area contributed by atoms with Crippen LogP contribution < -0.4 is 4.90 Å². The molecule has 8 heteroatoms. The van der Waals surface area contributed by atoms with Crippen molar-refractivity contribution >= 4 is 23.5 Å². The summed E-state index contributed by atoms with van der Waals surface area (Å²) in [5, 5.41) is 0. The van der Waals surface area contributed by atoms with Gasteiger partial charge in [0, 0.05) is 32.9 Å². The second-order valence-electron chi connectivity index (χ2n) is 11.4. The highest BCUT2D eigenvalue weighted by molar-refractivity contribution is 5.95. The Balaban J connectivity index is 1.40. The Morgan fingerprint density at radius 2 is 1.38 bits per heavy atom. The van der Waals surface area contributed by atoms with E-state index >= 15 is 0 Å². The van der Waals surface area contributed by atoms with Crippen molar-refractivity contribution in [2.45, 2.75) is 30.2 Å². The van der Waals surface area contributed by atoms with E-state index in [1.807, 2.05) is 105 Å². The van der Waals surface area contributed by atoms with Gasteiger partial charge >= 0.3 is 5.97 Å². The number of esters is 1. The number of carbonyl (C=O) groups is 3. The Hall–Kier alpha value is -4.17. The zero-order valence-corrected chi connectivity index (χ0v) is 24.7. The first kappa shape index (κ1) is 29.3. The van der Waals surface area contributed by atoms with Gasteiger partial charge in [0.15, 0.2) is 0 Å². The number of hydrogen-bond acceptors (Lipinski definition) is 6. The van der Waals surface area contributed by atoms with Crippen LogP contribution in [0.2, 0.25) is 0 Å². The van der Waals surface area contributed by atoms with Gasteiger partial charge in [0.2, 0.25) is 5.91 Å². The van der Waals surface area contributed by atoms with Gasteiger partial charge in [-0.15, -0.1) is 0 Å². The lowest BCUT2D eigenvalue weighted by atomic mass is 9.70. The summed E-state index contributed by atoms with van der Waals surface area (Å²) in [7, 11) is 4.98. The summed E-state index contributed by atoms with van der Waals surface area (Å²) in [6, 6.07) is 30.0. The molecule has 2 aliphatic heterocycles. The van der Waals surface area contributed by atoms with Crippen molar-refractivity contribution in [2.24, 2.45) is 0 Å². The number of likely N-dealkylation sites (tertiary alicyclic amines) is 1.